The van der Waals surface area contributed by atoms with Crippen LogP contribution in [0.25, 0.3) is 0 Å². The van der Waals surface area contributed by atoms with Crippen LogP contribution in [0.1, 0.15) is 0 Å². The molecule has 2 N–H and O–H groups in total. The highest BCUT2D eigenvalue weighted by Crippen LogP contribution is 2.16. The maximum Gasteiger partial charge on any atom is 0.134 e. The molecule has 1 rings (SSSR count). The van der Waals surface area contributed by atoms with Crippen LogP contribution in [0, 0.1) is 3.57 Å². The van der Waals surface area contributed by atoms with Crippen LogP contribution < -0.4 is 10.5 Å². The van der Waals surface area contributed by atoms with Crippen molar-refractivity contribution in [1.29, 1.82) is 0 Å². The van der Waals surface area contributed by atoms with Crippen LogP contribution in [0.5, 0.6) is 5.75 Å². The van der Waals surface area contributed by atoms with E-state index in [1.165, 1.54) is 0 Å². The number of hydrogen-bond acceptors (Lipinski definition) is 3. The van der Waals surface area contributed by atoms with Crippen molar-refractivity contribution in [3.63, 3.8) is 0 Å². The highest BCUT2D eigenvalue weighted by Gasteiger charge is 2.07. The van der Waals surface area contributed by atoms with Gasteiger partial charge in [-0.25, -0.2) is 0 Å². The Bertz CT molecular complexity index is 281. The zero-order valence-corrected chi connectivity index (χ0v) is 10.2. The number of methoxy groups -OCH3 is 1. The Morgan fingerprint density at radius 1 is 1.50 bits per heavy atom. The summed E-state index contributed by atoms with van der Waals surface area (Å²) in [6.45, 7) is 0.973. The molecule has 1 aromatic carbocycles. The fourth-order valence-corrected chi connectivity index (χ4v) is 1.58. The topological polar surface area (TPSA) is 44.5 Å². The smallest absolute Gasteiger partial charge is 0.134 e. The Hall–Kier alpha value is -0.330. The molecule has 0 spiro atoms. The van der Waals surface area contributed by atoms with Crippen LogP contribution >= 0.6 is 22.6 Å². The van der Waals surface area contributed by atoms with Crippen molar-refractivity contribution < 1.29 is 9.47 Å². The minimum Gasteiger partial charge on any atom is -0.487 e. The van der Waals surface area contributed by atoms with Crippen LogP contribution in [0.4, 0.5) is 0 Å². The molecule has 0 fully saturated rings. The third kappa shape index (κ3) is 3.81. The van der Waals surface area contributed by atoms with Crippen LogP contribution in [0.3, 0.4) is 0 Å². The molecule has 1 unspecified atom stereocenters. The maximum atomic E-state index is 5.63. The quantitative estimate of drug-likeness (QED) is 0.841. The molecule has 78 valence electrons. The van der Waals surface area contributed by atoms with E-state index in [1.807, 2.05) is 24.3 Å². The van der Waals surface area contributed by atoms with Gasteiger partial charge in [0.2, 0.25) is 0 Å². The van der Waals surface area contributed by atoms with Crippen molar-refractivity contribution in [2.24, 2.45) is 5.73 Å². The van der Waals surface area contributed by atoms with Gasteiger partial charge in [-0.1, -0.05) is 6.07 Å². The molecule has 0 radical (unpaired) electrons. The second kappa shape index (κ2) is 6.21. The maximum absolute atomic E-state index is 5.63. The zero-order chi connectivity index (χ0) is 10.4. The van der Waals surface area contributed by atoms with E-state index in [1.54, 1.807) is 7.11 Å². The predicted molar refractivity (Wildman–Crippen MR) is 64.5 cm³/mol. The van der Waals surface area contributed by atoms with E-state index in [-0.39, 0.29) is 6.10 Å². The summed E-state index contributed by atoms with van der Waals surface area (Å²) in [5.41, 5.74) is 5.54. The van der Waals surface area contributed by atoms with Crippen LogP contribution in [0.2, 0.25) is 0 Å². The fourth-order valence-electron chi connectivity index (χ4n) is 1.07. The molecule has 0 aliphatic rings. The summed E-state index contributed by atoms with van der Waals surface area (Å²) >= 11 is 2.24. The molecule has 3 nitrogen and oxygen atoms in total. The summed E-state index contributed by atoms with van der Waals surface area (Å²) in [4.78, 5) is 0. The van der Waals surface area contributed by atoms with Gasteiger partial charge in [-0.2, -0.15) is 0 Å². The third-order valence-electron chi connectivity index (χ3n) is 1.71. The Labute approximate surface area is 97.7 Å². The lowest BCUT2D eigenvalue weighted by molar-refractivity contribution is 0.0860. The fraction of sp³-hybridized carbons (Fsp3) is 0.400. The summed E-state index contributed by atoms with van der Waals surface area (Å²) in [7, 11) is 1.64. The third-order valence-corrected chi connectivity index (χ3v) is 2.39. The first-order valence-electron chi connectivity index (χ1n) is 4.37. The first-order valence-corrected chi connectivity index (χ1v) is 5.45. The lowest BCUT2D eigenvalue weighted by Crippen LogP contribution is -2.31. The van der Waals surface area contributed by atoms with Crippen molar-refractivity contribution >= 4 is 22.6 Å². The SMILES string of the molecule is COCC(CN)Oc1cccc(I)c1. The number of ether oxygens (including phenoxy) is 2. The highest BCUT2D eigenvalue weighted by molar-refractivity contribution is 14.1. The van der Waals surface area contributed by atoms with Gasteiger partial charge in [0.05, 0.1) is 6.61 Å². The Morgan fingerprint density at radius 3 is 2.86 bits per heavy atom. The number of halogens is 1. The second-order valence-corrected chi connectivity index (χ2v) is 4.13. The Morgan fingerprint density at radius 2 is 2.29 bits per heavy atom. The molecule has 0 saturated carbocycles. The highest BCUT2D eigenvalue weighted by atomic mass is 127. The van der Waals surface area contributed by atoms with Gasteiger partial charge in [0.1, 0.15) is 11.9 Å². The van der Waals surface area contributed by atoms with Gasteiger partial charge in [-0.3, -0.25) is 0 Å². The summed E-state index contributed by atoms with van der Waals surface area (Å²) < 4.78 is 11.8. The van der Waals surface area contributed by atoms with Gasteiger partial charge in [0, 0.05) is 17.2 Å². The molecule has 0 aliphatic heterocycles. The molecule has 0 saturated heterocycles. The van der Waals surface area contributed by atoms with E-state index in [4.69, 9.17) is 15.2 Å². The number of hydrogen-bond donors (Lipinski definition) is 1. The van der Waals surface area contributed by atoms with E-state index in [0.717, 1.165) is 9.32 Å². The largest absolute Gasteiger partial charge is 0.487 e. The van der Waals surface area contributed by atoms with Gasteiger partial charge in [-0.05, 0) is 40.8 Å². The van der Waals surface area contributed by atoms with Gasteiger partial charge in [0.25, 0.3) is 0 Å². The van der Waals surface area contributed by atoms with Gasteiger partial charge in [0.15, 0.2) is 0 Å². The molecule has 0 amide bonds. The standard InChI is InChI=1S/C10H14INO2/c1-13-7-10(6-12)14-9-4-2-3-8(11)5-9/h2-5,10H,6-7,12H2,1H3. The minimum absolute atomic E-state index is 0.0711. The molecule has 4 heteroatoms. The first-order chi connectivity index (χ1) is 6.76. The monoisotopic (exact) mass is 307 g/mol. The van der Waals surface area contributed by atoms with Gasteiger partial charge < -0.3 is 15.2 Å². The van der Waals surface area contributed by atoms with Crippen LogP contribution in [-0.2, 0) is 4.74 Å². The van der Waals surface area contributed by atoms with Crippen molar-refractivity contribution in [1.82, 2.24) is 0 Å². The summed E-state index contributed by atoms with van der Waals surface area (Å²) in [6.07, 6.45) is -0.0711. The molecular formula is C10H14INO2. The zero-order valence-electron chi connectivity index (χ0n) is 8.07. The lowest BCUT2D eigenvalue weighted by atomic mass is 10.3. The molecule has 0 bridgehead atoms. The Kier molecular flexibility index (Phi) is 5.21. The van der Waals surface area contributed by atoms with Gasteiger partial charge in [-0.15, -0.1) is 0 Å². The number of rotatable bonds is 5. The van der Waals surface area contributed by atoms with E-state index in [9.17, 15) is 0 Å². The normalized spacial score (nSPS) is 12.5. The molecule has 14 heavy (non-hydrogen) atoms. The van der Waals surface area contributed by atoms with Crippen molar-refractivity contribution in [2.45, 2.75) is 6.10 Å². The molecule has 0 aliphatic carbocycles. The van der Waals surface area contributed by atoms with E-state index >= 15 is 0 Å². The van der Waals surface area contributed by atoms with Crippen LogP contribution in [-0.4, -0.2) is 26.4 Å². The van der Waals surface area contributed by atoms with E-state index in [2.05, 4.69) is 22.6 Å². The number of nitrogens with two attached hydrogens (primary N) is 1. The van der Waals surface area contributed by atoms with Crippen molar-refractivity contribution in [2.75, 3.05) is 20.3 Å². The molecule has 0 aromatic heterocycles. The van der Waals surface area contributed by atoms with E-state index < -0.39 is 0 Å². The van der Waals surface area contributed by atoms with Crippen molar-refractivity contribution in [3.05, 3.63) is 27.8 Å². The molecule has 1 aromatic rings. The minimum atomic E-state index is -0.0711. The van der Waals surface area contributed by atoms with Crippen LogP contribution in [0.15, 0.2) is 24.3 Å². The number of benzene rings is 1. The van der Waals surface area contributed by atoms with Crippen molar-refractivity contribution in [3.8, 4) is 5.75 Å². The first kappa shape index (κ1) is 11.7. The molecule has 0 heterocycles. The second-order valence-electron chi connectivity index (χ2n) is 2.89. The van der Waals surface area contributed by atoms with Gasteiger partial charge >= 0.3 is 0 Å². The summed E-state index contributed by atoms with van der Waals surface area (Å²) in [6, 6.07) is 7.86. The van der Waals surface area contributed by atoms with E-state index in [0.29, 0.717) is 13.2 Å². The molecule has 1 atom stereocenters. The summed E-state index contributed by atoms with van der Waals surface area (Å²) in [5, 5.41) is 0. The predicted octanol–water partition coefficient (Wildman–Crippen LogP) is 1.64. The summed E-state index contributed by atoms with van der Waals surface area (Å²) in [5.74, 6) is 0.837. The average Bonchev–Trinajstić information content (AvgIpc) is 2.17. The lowest BCUT2D eigenvalue weighted by Gasteiger charge is -2.16. The molecular weight excluding hydrogens is 293 g/mol. The Balaban J connectivity index is 2.57. The average molecular weight is 307 g/mol.